The molecule has 0 bridgehead atoms. The summed E-state index contributed by atoms with van der Waals surface area (Å²) in [5.41, 5.74) is 0. The molecule has 0 amide bonds. The monoisotopic (exact) mass is 630 g/mol. The van der Waals surface area contributed by atoms with E-state index in [1.54, 1.807) is 13.1 Å². The topological polar surface area (TPSA) is 140 Å². The Morgan fingerprint density at radius 2 is 0.921 bits per heavy atom. The fourth-order valence-electron chi connectivity index (χ4n) is 2.94. The van der Waals surface area contributed by atoms with Crippen LogP contribution in [0, 0.1) is 0 Å². The van der Waals surface area contributed by atoms with Crippen molar-refractivity contribution in [2.45, 2.75) is 64.5 Å². The highest BCUT2D eigenvalue weighted by Gasteiger charge is 2.44. The minimum Gasteiger partial charge on any atom is -0.415 e. The Labute approximate surface area is 228 Å². The van der Waals surface area contributed by atoms with E-state index in [4.69, 9.17) is 17.8 Å². The van der Waals surface area contributed by atoms with Gasteiger partial charge >= 0.3 is 49.0 Å². The van der Waals surface area contributed by atoms with E-state index in [0.29, 0.717) is 0 Å². The predicted molar refractivity (Wildman–Crippen MR) is 153 cm³/mol. The Bertz CT molecular complexity index is 887. The summed E-state index contributed by atoms with van der Waals surface area (Å²) in [4.78, 5) is 56.4. The zero-order valence-electron chi connectivity index (χ0n) is 22.8. The lowest BCUT2D eigenvalue weighted by molar-refractivity contribution is -0.131. The lowest BCUT2D eigenvalue weighted by atomic mass is 10.4. The van der Waals surface area contributed by atoms with Gasteiger partial charge in [0.1, 0.15) is 0 Å². The highest BCUT2D eigenvalue weighted by molar-refractivity contribution is 6.96. The third kappa shape index (κ3) is 19.1. The Hall–Kier alpha value is -1.01. The summed E-state index contributed by atoms with van der Waals surface area (Å²) in [6.07, 6.45) is -5.36. The average Bonchev–Trinajstić information content (AvgIpc) is 2.70. The van der Waals surface area contributed by atoms with Gasteiger partial charge in [-0.3, -0.25) is 0 Å². The highest BCUT2D eigenvalue weighted by Crippen LogP contribution is 2.26. The lowest BCUT2D eigenvalue weighted by Gasteiger charge is -2.31. The second-order valence-corrected chi connectivity index (χ2v) is 26.0. The van der Waals surface area contributed by atoms with Crippen LogP contribution in [0.25, 0.3) is 0 Å². The first-order valence-electron chi connectivity index (χ1n) is 11.8. The Morgan fingerprint density at radius 3 is 1.18 bits per heavy atom. The molecule has 0 saturated carbocycles. The Morgan fingerprint density at radius 1 is 0.605 bits per heavy atom. The zero-order chi connectivity index (χ0) is 30.1. The summed E-state index contributed by atoms with van der Waals surface area (Å²) < 4.78 is 46.2. The van der Waals surface area contributed by atoms with Gasteiger partial charge in [0.05, 0.1) is 0 Å². The minimum atomic E-state index is -4.29. The van der Waals surface area contributed by atoms with Crippen molar-refractivity contribution in [2.24, 2.45) is 0 Å². The fourth-order valence-corrected chi connectivity index (χ4v) is 13.9. The van der Waals surface area contributed by atoms with Crippen LogP contribution in [-0.2, 0) is 8.23 Å². The maximum atomic E-state index is 11.8. The lowest BCUT2D eigenvalue weighted by Crippen LogP contribution is -2.65. The third-order valence-corrected chi connectivity index (χ3v) is 14.4. The number of alkyl halides is 3. The molecule has 2 rings (SSSR count). The van der Waals surface area contributed by atoms with Crippen molar-refractivity contribution in [3.8, 4) is 0 Å². The number of hydrogen-bond acceptors (Lipinski definition) is 8. The van der Waals surface area contributed by atoms with Crippen molar-refractivity contribution >= 4 is 53.2 Å². The molecule has 16 heteroatoms. The Kier molecular flexibility index (Phi) is 14.2. The van der Waals surface area contributed by atoms with Crippen molar-refractivity contribution < 1.29 is 50.2 Å². The normalized spacial score (nSPS) is 14.4. The second kappa shape index (κ2) is 14.6. The van der Waals surface area contributed by atoms with Crippen LogP contribution in [-0.4, -0.2) is 77.8 Å². The fraction of sp³-hybridized carbons (Fsp3) is 0.455. The molecule has 0 radical (unpaired) electrons. The van der Waals surface area contributed by atoms with Gasteiger partial charge in [-0.25, -0.2) is 0 Å². The maximum absolute atomic E-state index is 11.8. The van der Waals surface area contributed by atoms with E-state index in [2.05, 4.69) is 0 Å². The van der Waals surface area contributed by atoms with Crippen LogP contribution in [0.3, 0.4) is 0 Å². The van der Waals surface area contributed by atoms with Gasteiger partial charge in [0.2, 0.25) is 0 Å². The van der Waals surface area contributed by atoms with Crippen LogP contribution in [0.2, 0.25) is 51.9 Å². The molecule has 2 aromatic carbocycles. The van der Waals surface area contributed by atoms with Crippen LogP contribution in [0.15, 0.2) is 60.7 Å². The molecule has 0 aliphatic rings. The van der Waals surface area contributed by atoms with Crippen LogP contribution in [0.4, 0.5) is 13.2 Å². The minimum absolute atomic E-state index is 0.437. The van der Waals surface area contributed by atoms with Crippen molar-refractivity contribution in [1.82, 2.24) is 0 Å². The molecule has 8 nitrogen and oxygen atoms in total. The number of rotatable bonds is 8. The van der Waals surface area contributed by atoms with E-state index in [9.17, 15) is 32.4 Å². The molecule has 2 aromatic rings. The average molecular weight is 631 g/mol. The van der Waals surface area contributed by atoms with Gasteiger partial charge in [-0.15, -0.1) is 0 Å². The van der Waals surface area contributed by atoms with E-state index in [1.165, 1.54) is 32.7 Å². The third-order valence-electron chi connectivity index (χ3n) is 4.07. The first kappa shape index (κ1) is 37.0. The predicted octanol–water partition coefficient (Wildman–Crippen LogP) is 2.33. The molecule has 0 saturated heterocycles. The van der Waals surface area contributed by atoms with Crippen molar-refractivity contribution in [3.63, 3.8) is 0 Å². The molecule has 0 heterocycles. The van der Waals surface area contributed by atoms with Crippen molar-refractivity contribution in [1.29, 1.82) is 0 Å². The molecule has 1 atom stereocenters. The molecule has 0 spiro atoms. The van der Waals surface area contributed by atoms with Crippen LogP contribution in [0.1, 0.15) is 6.42 Å². The molecule has 38 heavy (non-hydrogen) atoms. The van der Waals surface area contributed by atoms with Crippen LogP contribution < -0.4 is 10.4 Å². The molecule has 0 aliphatic heterocycles. The summed E-state index contributed by atoms with van der Waals surface area (Å²) in [5, 5.41) is 1.49. The van der Waals surface area contributed by atoms with Crippen molar-refractivity contribution in [3.05, 3.63) is 60.7 Å². The van der Waals surface area contributed by atoms with E-state index in [-0.39, 0.29) is 0 Å². The molecule has 0 aliphatic carbocycles. The quantitative estimate of drug-likeness (QED) is 0.245. The number of benzene rings is 2. The smallest absolute Gasteiger partial charge is 0.395 e. The SMILES string of the molecule is C[Si](C)(O)O.C[Si](C)(O)O[Si](C)(O)CCC(F)(F)F.C[Si](C)(O)O[Si](O)(c1ccccc1)c1ccccc1. The standard InChI is InChI=1S/C14H18O3Si2.C6H15F3O3Si2.C2H8O2Si/c1-18(2,15)17-19(16,13-9-5-3-6-10-13)14-11-7-4-8-12-14;1-13(2,10)12-14(3,11)5-4-6(7,8)9;1-5(2,3)4/h3-12,15-16H,1-2H3;10-11H,4-5H2,1-3H3;3-4H,1-2H3. The summed E-state index contributed by atoms with van der Waals surface area (Å²) in [6, 6.07) is 18.2. The number of halogens is 3. The largest absolute Gasteiger partial charge is 0.415 e. The van der Waals surface area contributed by atoms with Gasteiger partial charge in [-0.2, -0.15) is 13.2 Å². The summed E-state index contributed by atoms with van der Waals surface area (Å²) in [5.74, 6) is 0. The molecule has 0 aromatic heterocycles. The van der Waals surface area contributed by atoms with Gasteiger partial charge in [0.15, 0.2) is 0 Å². The first-order chi connectivity index (χ1) is 16.8. The second-order valence-electron chi connectivity index (χ2n) is 10.3. The van der Waals surface area contributed by atoms with E-state index < -0.39 is 61.4 Å². The first-order valence-corrected chi connectivity index (χ1v) is 24.8. The van der Waals surface area contributed by atoms with Crippen LogP contribution >= 0.6 is 0 Å². The summed E-state index contributed by atoms with van der Waals surface area (Å²) in [7, 11) is -15.1. The zero-order valence-corrected chi connectivity index (χ0v) is 27.8. The highest BCUT2D eigenvalue weighted by atomic mass is 28.5. The molecule has 1 unspecified atom stereocenters. The van der Waals surface area contributed by atoms with Gasteiger partial charge in [-0.05, 0) is 62.2 Å². The molecule has 218 valence electrons. The molecule has 0 fully saturated rings. The van der Waals surface area contributed by atoms with E-state index in [0.717, 1.165) is 10.4 Å². The van der Waals surface area contributed by atoms with Crippen LogP contribution in [0.5, 0.6) is 0 Å². The van der Waals surface area contributed by atoms with Crippen molar-refractivity contribution in [2.75, 3.05) is 0 Å². The van der Waals surface area contributed by atoms with Gasteiger partial charge in [0.25, 0.3) is 0 Å². The van der Waals surface area contributed by atoms with E-state index >= 15 is 0 Å². The summed E-state index contributed by atoms with van der Waals surface area (Å²) >= 11 is 0. The van der Waals surface area contributed by atoms with Gasteiger partial charge in [-0.1, -0.05) is 60.7 Å². The molecular formula is C22H41F3O8Si5. The summed E-state index contributed by atoms with van der Waals surface area (Å²) in [6.45, 7) is 10.3. The molecule has 6 N–H and O–H groups in total. The number of hydrogen-bond donors (Lipinski definition) is 6. The Balaban J connectivity index is 0.000000635. The van der Waals surface area contributed by atoms with E-state index in [1.807, 2.05) is 60.7 Å². The van der Waals surface area contributed by atoms with Gasteiger partial charge < -0.3 is 37.0 Å². The maximum Gasteiger partial charge on any atom is 0.395 e. The van der Waals surface area contributed by atoms with Gasteiger partial charge in [0, 0.05) is 6.42 Å². The molecular weight excluding hydrogens is 590 g/mol.